The smallest absolute Gasteiger partial charge is 0.207 e. The van der Waals surface area contributed by atoms with Crippen molar-refractivity contribution < 1.29 is 9.53 Å². The van der Waals surface area contributed by atoms with E-state index >= 15 is 0 Å². The highest BCUT2D eigenvalue weighted by Crippen LogP contribution is 2.15. The maximum atomic E-state index is 11.9. The lowest BCUT2D eigenvalue weighted by Gasteiger charge is -2.03. The maximum Gasteiger partial charge on any atom is 0.207 e. The molecule has 2 aromatic heterocycles. The van der Waals surface area contributed by atoms with Crippen LogP contribution >= 0.6 is 11.5 Å². The van der Waals surface area contributed by atoms with Gasteiger partial charge in [0, 0.05) is 11.8 Å². The van der Waals surface area contributed by atoms with Crippen LogP contribution in [0.15, 0.2) is 24.7 Å². The Morgan fingerprint density at radius 1 is 1.44 bits per heavy atom. The number of carbonyl (C=O) groups is 1. The van der Waals surface area contributed by atoms with Gasteiger partial charge in [-0.3, -0.25) is 9.78 Å². The first-order valence-electron chi connectivity index (χ1n) is 4.71. The van der Waals surface area contributed by atoms with Crippen LogP contribution in [0.1, 0.15) is 22.2 Å². The molecule has 0 aromatic carbocycles. The van der Waals surface area contributed by atoms with Crippen LogP contribution in [0, 0.1) is 0 Å². The Bertz CT molecular complexity index is 485. The van der Waals surface area contributed by atoms with Crippen LogP contribution < -0.4 is 4.74 Å². The van der Waals surface area contributed by atoms with Gasteiger partial charge in [-0.25, -0.2) is 0 Å². The van der Waals surface area contributed by atoms with Gasteiger partial charge in [-0.2, -0.15) is 0 Å². The average Bonchev–Trinajstić information content (AvgIpc) is 2.82. The highest BCUT2D eigenvalue weighted by atomic mass is 32.1. The molecule has 0 bridgehead atoms. The Morgan fingerprint density at radius 3 is 3.00 bits per heavy atom. The van der Waals surface area contributed by atoms with Gasteiger partial charge in [-0.1, -0.05) is 4.49 Å². The number of hydrogen-bond donors (Lipinski definition) is 0. The number of carbonyl (C=O) groups excluding carboxylic acids is 1. The third-order valence-corrected chi connectivity index (χ3v) is 2.53. The molecular weight excluding hydrogens is 226 g/mol. The van der Waals surface area contributed by atoms with Crippen molar-refractivity contribution in [3.05, 3.63) is 35.1 Å². The quantitative estimate of drug-likeness (QED) is 0.752. The van der Waals surface area contributed by atoms with Gasteiger partial charge >= 0.3 is 0 Å². The van der Waals surface area contributed by atoms with Crippen LogP contribution in [-0.2, 0) is 0 Å². The van der Waals surface area contributed by atoms with Crippen molar-refractivity contribution in [2.24, 2.45) is 0 Å². The molecule has 0 saturated heterocycles. The van der Waals surface area contributed by atoms with Gasteiger partial charge in [0.2, 0.25) is 5.78 Å². The fourth-order valence-corrected chi connectivity index (χ4v) is 1.68. The molecule has 0 aliphatic rings. The monoisotopic (exact) mass is 235 g/mol. The van der Waals surface area contributed by atoms with E-state index in [2.05, 4.69) is 14.6 Å². The van der Waals surface area contributed by atoms with E-state index in [-0.39, 0.29) is 5.78 Å². The molecule has 0 amide bonds. The summed E-state index contributed by atoms with van der Waals surface area (Å²) < 4.78 is 8.92. The molecule has 5 nitrogen and oxygen atoms in total. The summed E-state index contributed by atoms with van der Waals surface area (Å²) in [5.41, 5.74) is 0.483. The first kappa shape index (κ1) is 10.7. The molecule has 0 radical (unpaired) electrons. The number of aromatic nitrogens is 3. The largest absolute Gasteiger partial charge is 0.492 e. The molecule has 6 heteroatoms. The topological polar surface area (TPSA) is 65.0 Å². The van der Waals surface area contributed by atoms with E-state index in [1.54, 1.807) is 12.3 Å². The van der Waals surface area contributed by atoms with E-state index < -0.39 is 0 Å². The second-order valence-corrected chi connectivity index (χ2v) is 3.74. The zero-order chi connectivity index (χ0) is 11.4. The Kier molecular flexibility index (Phi) is 3.21. The summed E-state index contributed by atoms with van der Waals surface area (Å²) in [5.74, 6) is 0.454. The minimum atomic E-state index is -0.135. The van der Waals surface area contributed by atoms with Crippen LogP contribution in [0.3, 0.4) is 0 Å². The molecule has 0 saturated carbocycles. The van der Waals surface area contributed by atoms with Crippen molar-refractivity contribution >= 4 is 17.3 Å². The molecular formula is C10H9N3O2S. The Labute approximate surface area is 96.3 Å². The van der Waals surface area contributed by atoms with Crippen molar-refractivity contribution in [3.8, 4) is 5.75 Å². The lowest BCUT2D eigenvalue weighted by molar-refractivity contribution is 0.104. The fraction of sp³-hybridized carbons (Fsp3) is 0.200. The third-order valence-electron chi connectivity index (χ3n) is 1.87. The minimum absolute atomic E-state index is 0.135. The second-order valence-electron chi connectivity index (χ2n) is 2.95. The molecule has 2 rings (SSSR count). The maximum absolute atomic E-state index is 11.9. The predicted molar refractivity (Wildman–Crippen MR) is 58.7 cm³/mol. The zero-order valence-corrected chi connectivity index (χ0v) is 9.40. The summed E-state index contributed by atoms with van der Waals surface area (Å²) in [4.78, 5) is 16.3. The van der Waals surface area contributed by atoms with E-state index in [0.29, 0.717) is 22.8 Å². The van der Waals surface area contributed by atoms with Gasteiger partial charge in [0.1, 0.15) is 10.6 Å². The van der Waals surface area contributed by atoms with Gasteiger partial charge in [0.15, 0.2) is 0 Å². The SMILES string of the molecule is CCOc1cncc(C(=O)c2cnns2)c1. The van der Waals surface area contributed by atoms with Crippen molar-refractivity contribution in [1.82, 2.24) is 14.6 Å². The first-order valence-corrected chi connectivity index (χ1v) is 5.48. The summed E-state index contributed by atoms with van der Waals surface area (Å²) in [6.45, 7) is 2.42. The number of ketones is 1. The number of nitrogens with zero attached hydrogens (tertiary/aromatic N) is 3. The molecule has 16 heavy (non-hydrogen) atoms. The Hall–Kier alpha value is -1.82. The summed E-state index contributed by atoms with van der Waals surface area (Å²) in [6, 6.07) is 1.67. The molecule has 0 aliphatic carbocycles. The third kappa shape index (κ3) is 2.22. The number of pyridine rings is 1. The van der Waals surface area contributed by atoms with Crippen molar-refractivity contribution in [2.75, 3.05) is 6.61 Å². The standard InChI is InChI=1S/C10H9N3O2S/c1-2-15-8-3-7(4-11-5-8)10(14)9-6-12-13-16-9/h3-6H,2H2,1H3. The van der Waals surface area contributed by atoms with E-state index in [1.807, 2.05) is 6.92 Å². The van der Waals surface area contributed by atoms with Crippen LogP contribution in [0.2, 0.25) is 0 Å². The minimum Gasteiger partial charge on any atom is -0.492 e. The number of hydrogen-bond acceptors (Lipinski definition) is 6. The highest BCUT2D eigenvalue weighted by molar-refractivity contribution is 7.08. The molecule has 0 fully saturated rings. The average molecular weight is 235 g/mol. The van der Waals surface area contributed by atoms with Gasteiger partial charge < -0.3 is 4.74 Å². The summed E-state index contributed by atoms with van der Waals surface area (Å²) in [7, 11) is 0. The number of rotatable bonds is 4. The van der Waals surface area contributed by atoms with Crippen LogP contribution in [0.5, 0.6) is 5.75 Å². The van der Waals surface area contributed by atoms with E-state index in [4.69, 9.17) is 4.74 Å². The lowest BCUT2D eigenvalue weighted by atomic mass is 10.2. The van der Waals surface area contributed by atoms with Crippen molar-refractivity contribution in [1.29, 1.82) is 0 Å². The number of ether oxygens (including phenoxy) is 1. The van der Waals surface area contributed by atoms with E-state index in [1.165, 1.54) is 12.4 Å². The molecule has 0 aliphatic heterocycles. The first-order chi connectivity index (χ1) is 7.81. The lowest BCUT2D eigenvalue weighted by Crippen LogP contribution is -2.01. The van der Waals surface area contributed by atoms with Crippen LogP contribution in [-0.4, -0.2) is 27.0 Å². The molecule has 2 aromatic rings. The molecule has 0 unspecified atom stereocenters. The molecule has 0 spiro atoms. The van der Waals surface area contributed by atoms with Gasteiger partial charge in [-0.05, 0) is 24.5 Å². The van der Waals surface area contributed by atoms with E-state index in [9.17, 15) is 4.79 Å². The Morgan fingerprint density at radius 2 is 2.31 bits per heavy atom. The zero-order valence-electron chi connectivity index (χ0n) is 8.58. The van der Waals surface area contributed by atoms with Crippen molar-refractivity contribution in [2.45, 2.75) is 6.92 Å². The van der Waals surface area contributed by atoms with E-state index in [0.717, 1.165) is 11.5 Å². The molecule has 82 valence electrons. The summed E-state index contributed by atoms with van der Waals surface area (Å²) in [5, 5.41) is 3.62. The molecule has 2 heterocycles. The van der Waals surface area contributed by atoms with Crippen molar-refractivity contribution in [3.63, 3.8) is 0 Å². The second kappa shape index (κ2) is 4.80. The van der Waals surface area contributed by atoms with Gasteiger partial charge in [0.25, 0.3) is 0 Å². The normalized spacial score (nSPS) is 10.1. The summed E-state index contributed by atoms with van der Waals surface area (Å²) in [6.07, 6.45) is 4.52. The summed E-state index contributed by atoms with van der Waals surface area (Å²) >= 11 is 1.07. The van der Waals surface area contributed by atoms with Gasteiger partial charge in [0.05, 0.1) is 19.0 Å². The van der Waals surface area contributed by atoms with Gasteiger partial charge in [-0.15, -0.1) is 5.10 Å². The Balaban J connectivity index is 2.27. The highest BCUT2D eigenvalue weighted by Gasteiger charge is 2.12. The van der Waals surface area contributed by atoms with Crippen LogP contribution in [0.25, 0.3) is 0 Å². The molecule has 0 N–H and O–H groups in total. The predicted octanol–water partition coefficient (Wildman–Crippen LogP) is 1.56. The fourth-order valence-electron chi connectivity index (χ4n) is 1.20. The molecule has 0 atom stereocenters. The van der Waals surface area contributed by atoms with Crippen LogP contribution in [0.4, 0.5) is 0 Å².